The maximum Gasteiger partial charge on any atom is 0.273 e. The molecule has 6 heteroatoms. The van der Waals surface area contributed by atoms with Gasteiger partial charge >= 0.3 is 0 Å². The smallest absolute Gasteiger partial charge is 0.273 e. The van der Waals surface area contributed by atoms with E-state index < -0.39 is 0 Å². The van der Waals surface area contributed by atoms with E-state index in [0.29, 0.717) is 11.1 Å². The lowest BCUT2D eigenvalue weighted by atomic mass is 9.77. The number of hydrogen-bond donors (Lipinski definition) is 0. The quantitative estimate of drug-likeness (QED) is 0.841. The maximum absolute atomic E-state index is 12.5. The first-order valence-corrected chi connectivity index (χ1v) is 10.2. The molecule has 1 aromatic heterocycles. The number of rotatable bonds is 3. The Bertz CT molecular complexity index is 549. The summed E-state index contributed by atoms with van der Waals surface area (Å²) >= 11 is 1.50. The fourth-order valence-corrected chi connectivity index (χ4v) is 5.03. The van der Waals surface area contributed by atoms with E-state index in [1.54, 1.807) is 5.51 Å². The summed E-state index contributed by atoms with van der Waals surface area (Å²) in [5, 5.41) is 1.86. The molecule has 0 radical (unpaired) electrons. The maximum atomic E-state index is 12.5. The number of likely N-dealkylation sites (tertiary alicyclic amines) is 2. The zero-order valence-corrected chi connectivity index (χ0v) is 15.1. The van der Waals surface area contributed by atoms with Crippen LogP contribution in [0.3, 0.4) is 0 Å². The predicted molar refractivity (Wildman–Crippen MR) is 94.3 cm³/mol. The Hall–Kier alpha value is -0.980. The molecule has 0 bridgehead atoms. The number of piperidine rings is 1. The van der Waals surface area contributed by atoms with Crippen LogP contribution in [-0.4, -0.2) is 66.6 Å². The third-order valence-corrected chi connectivity index (χ3v) is 6.74. The number of ether oxygens (including phenoxy) is 1. The molecule has 3 fully saturated rings. The second kappa shape index (κ2) is 7.10. The van der Waals surface area contributed by atoms with Gasteiger partial charge in [0, 0.05) is 38.2 Å². The number of thiazole rings is 1. The summed E-state index contributed by atoms with van der Waals surface area (Å²) in [6, 6.07) is 0. The second-order valence-electron chi connectivity index (χ2n) is 7.71. The van der Waals surface area contributed by atoms with Gasteiger partial charge in [-0.15, -0.1) is 11.3 Å². The van der Waals surface area contributed by atoms with Gasteiger partial charge in [-0.2, -0.15) is 0 Å². The van der Waals surface area contributed by atoms with Crippen LogP contribution < -0.4 is 0 Å². The minimum absolute atomic E-state index is 0.123. The van der Waals surface area contributed by atoms with Gasteiger partial charge in [-0.05, 0) is 56.5 Å². The molecule has 3 aliphatic rings. The van der Waals surface area contributed by atoms with Crippen LogP contribution >= 0.6 is 11.3 Å². The van der Waals surface area contributed by atoms with E-state index in [2.05, 4.69) is 9.88 Å². The Morgan fingerprint density at radius 1 is 1.25 bits per heavy atom. The molecular weight excluding hydrogens is 322 g/mol. The van der Waals surface area contributed by atoms with Crippen molar-refractivity contribution in [1.82, 2.24) is 14.8 Å². The Morgan fingerprint density at radius 3 is 2.71 bits per heavy atom. The Morgan fingerprint density at radius 2 is 2.00 bits per heavy atom. The first kappa shape index (κ1) is 16.5. The number of nitrogens with zero attached hydrogens (tertiary/aromatic N) is 3. The highest BCUT2D eigenvalue weighted by molar-refractivity contribution is 7.07. The minimum Gasteiger partial charge on any atom is -0.381 e. The molecule has 3 aliphatic heterocycles. The van der Waals surface area contributed by atoms with Gasteiger partial charge in [0.2, 0.25) is 0 Å². The lowest BCUT2D eigenvalue weighted by molar-refractivity contribution is 0.0373. The van der Waals surface area contributed by atoms with Crippen molar-refractivity contribution in [1.29, 1.82) is 0 Å². The average Bonchev–Trinajstić information content (AvgIpc) is 3.28. The van der Waals surface area contributed by atoms with Gasteiger partial charge in [-0.25, -0.2) is 4.98 Å². The first-order chi connectivity index (χ1) is 11.7. The van der Waals surface area contributed by atoms with Gasteiger partial charge in [0.1, 0.15) is 5.69 Å². The molecule has 0 atom stereocenters. The Labute approximate surface area is 148 Å². The van der Waals surface area contributed by atoms with Crippen LogP contribution in [0.15, 0.2) is 10.9 Å². The SMILES string of the molecule is O=C(c1cscn1)N1CCC2(CCN(CC3CCOCC3)CC2)C1. The molecule has 1 spiro atoms. The summed E-state index contributed by atoms with van der Waals surface area (Å²) in [6.45, 7) is 7.32. The van der Waals surface area contributed by atoms with Crippen LogP contribution in [0.25, 0.3) is 0 Å². The van der Waals surface area contributed by atoms with Crippen molar-refractivity contribution in [2.75, 3.05) is 45.9 Å². The van der Waals surface area contributed by atoms with Crippen molar-refractivity contribution in [3.8, 4) is 0 Å². The molecule has 4 heterocycles. The number of carbonyl (C=O) groups is 1. The van der Waals surface area contributed by atoms with E-state index in [1.165, 1.54) is 56.7 Å². The van der Waals surface area contributed by atoms with E-state index in [4.69, 9.17) is 4.74 Å². The van der Waals surface area contributed by atoms with E-state index in [-0.39, 0.29) is 5.91 Å². The summed E-state index contributed by atoms with van der Waals surface area (Å²) in [6.07, 6.45) is 6.07. The van der Waals surface area contributed by atoms with Crippen molar-refractivity contribution >= 4 is 17.2 Å². The lowest BCUT2D eigenvalue weighted by Crippen LogP contribution is -2.44. The normalized spacial score (nSPS) is 25.4. The van der Waals surface area contributed by atoms with Gasteiger partial charge in [-0.3, -0.25) is 4.79 Å². The molecule has 5 nitrogen and oxygen atoms in total. The molecule has 0 aliphatic carbocycles. The zero-order chi connectivity index (χ0) is 16.4. The van der Waals surface area contributed by atoms with Crippen LogP contribution in [0.5, 0.6) is 0 Å². The van der Waals surface area contributed by atoms with Crippen LogP contribution in [0, 0.1) is 11.3 Å². The number of amides is 1. The van der Waals surface area contributed by atoms with Gasteiger partial charge in [-0.1, -0.05) is 0 Å². The van der Waals surface area contributed by atoms with E-state index in [1.807, 2.05) is 10.3 Å². The van der Waals surface area contributed by atoms with Gasteiger partial charge in [0.15, 0.2) is 0 Å². The first-order valence-electron chi connectivity index (χ1n) is 9.22. The van der Waals surface area contributed by atoms with E-state index in [9.17, 15) is 4.79 Å². The average molecular weight is 350 g/mol. The standard InChI is InChI=1S/C18H27N3O2S/c22-17(16-12-24-14-19-16)21-8-5-18(13-21)3-6-20(7-4-18)11-15-1-9-23-10-2-15/h12,14-15H,1-11,13H2. The molecule has 24 heavy (non-hydrogen) atoms. The summed E-state index contributed by atoms with van der Waals surface area (Å²) in [5.41, 5.74) is 2.72. The summed E-state index contributed by atoms with van der Waals surface area (Å²) in [5.74, 6) is 0.942. The number of aromatic nitrogens is 1. The highest BCUT2D eigenvalue weighted by atomic mass is 32.1. The highest BCUT2D eigenvalue weighted by Crippen LogP contribution is 2.41. The van der Waals surface area contributed by atoms with Crippen LogP contribution in [-0.2, 0) is 4.74 Å². The highest BCUT2D eigenvalue weighted by Gasteiger charge is 2.42. The van der Waals surface area contributed by atoms with Crippen molar-refractivity contribution < 1.29 is 9.53 Å². The van der Waals surface area contributed by atoms with Crippen molar-refractivity contribution in [2.45, 2.75) is 32.1 Å². The van der Waals surface area contributed by atoms with Gasteiger partial charge in [0.05, 0.1) is 5.51 Å². The third kappa shape index (κ3) is 3.51. The minimum atomic E-state index is 0.123. The Balaban J connectivity index is 1.28. The monoisotopic (exact) mass is 349 g/mol. The molecule has 1 aromatic rings. The second-order valence-corrected chi connectivity index (χ2v) is 8.43. The van der Waals surface area contributed by atoms with Crippen molar-refractivity contribution in [3.05, 3.63) is 16.6 Å². The van der Waals surface area contributed by atoms with Crippen molar-refractivity contribution in [3.63, 3.8) is 0 Å². The molecule has 0 saturated carbocycles. The fraction of sp³-hybridized carbons (Fsp3) is 0.778. The number of hydrogen-bond acceptors (Lipinski definition) is 5. The molecule has 132 valence electrons. The largest absolute Gasteiger partial charge is 0.381 e. The van der Waals surface area contributed by atoms with E-state index in [0.717, 1.165) is 38.6 Å². The number of carbonyl (C=O) groups excluding carboxylic acids is 1. The summed E-state index contributed by atoms with van der Waals surface area (Å²) in [7, 11) is 0. The van der Waals surface area contributed by atoms with Gasteiger partial charge in [0.25, 0.3) is 5.91 Å². The van der Waals surface area contributed by atoms with E-state index >= 15 is 0 Å². The van der Waals surface area contributed by atoms with Crippen LogP contribution in [0.2, 0.25) is 0 Å². The summed E-state index contributed by atoms with van der Waals surface area (Å²) in [4.78, 5) is 21.4. The fourth-order valence-electron chi connectivity index (χ4n) is 4.50. The van der Waals surface area contributed by atoms with Crippen molar-refractivity contribution in [2.24, 2.45) is 11.3 Å². The molecule has 0 N–H and O–H groups in total. The topological polar surface area (TPSA) is 45.7 Å². The summed E-state index contributed by atoms with van der Waals surface area (Å²) < 4.78 is 5.47. The van der Waals surface area contributed by atoms with Gasteiger partial charge < -0.3 is 14.5 Å². The van der Waals surface area contributed by atoms with Crippen LogP contribution in [0.1, 0.15) is 42.6 Å². The predicted octanol–water partition coefficient (Wildman–Crippen LogP) is 2.50. The Kier molecular flexibility index (Phi) is 4.88. The molecule has 1 amide bonds. The van der Waals surface area contributed by atoms with Crippen LogP contribution in [0.4, 0.5) is 0 Å². The molecule has 0 unspecified atom stereocenters. The third-order valence-electron chi connectivity index (χ3n) is 6.15. The lowest BCUT2D eigenvalue weighted by Gasteiger charge is -2.40. The molecular formula is C18H27N3O2S. The molecule has 4 rings (SSSR count). The molecule has 3 saturated heterocycles. The molecule has 0 aromatic carbocycles. The zero-order valence-electron chi connectivity index (χ0n) is 14.3.